The number of carboxylic acid groups (broad SMARTS) is 1. The third-order valence-electron chi connectivity index (χ3n) is 10.5. The van der Waals surface area contributed by atoms with Gasteiger partial charge in [-0.1, -0.05) is 91.6 Å². The van der Waals surface area contributed by atoms with Gasteiger partial charge in [0.1, 0.15) is 22.8 Å². The number of thiazole rings is 1. The van der Waals surface area contributed by atoms with Gasteiger partial charge < -0.3 is 30.5 Å². The van der Waals surface area contributed by atoms with Crippen LogP contribution < -0.4 is 10.6 Å². The van der Waals surface area contributed by atoms with E-state index < -0.39 is 53.9 Å². The number of carboxylic acids is 1. The van der Waals surface area contributed by atoms with E-state index in [4.69, 9.17) is 4.74 Å². The zero-order valence-corrected chi connectivity index (χ0v) is 34.6. The zero-order chi connectivity index (χ0) is 40.8. The standard InChI is InChI=1S/C41H63N5O8S/c1-9-27(6)36(44-38(50)32-17-13-14-18-45(32)8)40(51)46(24-54-35(48)19-25(2)3)33(26(4)5)22-34(47)39-43-31(23-55-39)37(49)42-30(20-28(7)41(52)53)21-29-15-11-10-12-16-29/h10-12,15-16,23,25-28,30,32-34,36,47H,9,13-14,17-22,24H2,1-8H3,(H,42,49)(H,44,50)(H,52,53). The Morgan fingerprint density at radius 3 is 2.31 bits per heavy atom. The number of aliphatic carboxylic acids is 1. The number of aromatic nitrogens is 1. The van der Waals surface area contributed by atoms with E-state index in [1.54, 1.807) is 12.3 Å². The summed E-state index contributed by atoms with van der Waals surface area (Å²) in [5.41, 5.74) is 1.04. The van der Waals surface area contributed by atoms with Crippen LogP contribution in [-0.2, 0) is 30.3 Å². The normalized spacial score (nSPS) is 18.1. The van der Waals surface area contributed by atoms with Crippen LogP contribution in [0.3, 0.4) is 0 Å². The van der Waals surface area contributed by atoms with E-state index in [0.717, 1.165) is 36.3 Å². The number of aliphatic hydroxyl groups is 1. The highest BCUT2D eigenvalue weighted by atomic mass is 32.1. The number of amides is 3. The molecule has 0 saturated carbocycles. The molecular formula is C41H63N5O8S. The average Bonchev–Trinajstić information content (AvgIpc) is 3.64. The zero-order valence-electron chi connectivity index (χ0n) is 33.8. The summed E-state index contributed by atoms with van der Waals surface area (Å²) in [6.45, 7) is 13.5. The molecule has 1 aromatic heterocycles. The minimum absolute atomic E-state index is 0.0268. The molecule has 1 saturated heterocycles. The predicted molar refractivity (Wildman–Crippen MR) is 212 cm³/mol. The first-order valence-electron chi connectivity index (χ1n) is 19.7. The molecule has 7 unspecified atom stereocenters. The summed E-state index contributed by atoms with van der Waals surface area (Å²) in [6, 6.07) is 7.14. The minimum atomic E-state index is -1.18. The molecule has 0 bridgehead atoms. The van der Waals surface area contributed by atoms with E-state index >= 15 is 0 Å². The second kappa shape index (κ2) is 22.0. The van der Waals surface area contributed by atoms with Crippen LogP contribution in [0.15, 0.2) is 35.7 Å². The summed E-state index contributed by atoms with van der Waals surface area (Å²) in [7, 11) is 1.91. The molecule has 2 aromatic rings. The molecule has 0 spiro atoms. The van der Waals surface area contributed by atoms with E-state index in [1.807, 2.05) is 83.8 Å². The van der Waals surface area contributed by atoms with Crippen molar-refractivity contribution >= 4 is 41.0 Å². The fraction of sp³-hybridized carbons (Fsp3) is 0.659. The molecule has 306 valence electrons. The molecule has 13 nitrogen and oxygen atoms in total. The summed E-state index contributed by atoms with van der Waals surface area (Å²) in [5.74, 6) is -3.60. The third kappa shape index (κ3) is 14.0. The lowest BCUT2D eigenvalue weighted by atomic mass is 9.92. The Kier molecular flexibility index (Phi) is 18.2. The van der Waals surface area contributed by atoms with Crippen molar-refractivity contribution < 1.29 is 38.9 Å². The summed E-state index contributed by atoms with van der Waals surface area (Å²) < 4.78 is 5.67. The molecule has 2 heterocycles. The number of hydrogen-bond donors (Lipinski definition) is 4. The molecule has 4 N–H and O–H groups in total. The number of likely N-dealkylation sites (N-methyl/N-ethyl adjacent to an activating group) is 1. The quantitative estimate of drug-likeness (QED) is 0.0942. The monoisotopic (exact) mass is 785 g/mol. The first kappa shape index (κ1) is 45.5. The molecule has 1 fully saturated rings. The fourth-order valence-electron chi connectivity index (χ4n) is 6.89. The van der Waals surface area contributed by atoms with Crippen molar-refractivity contribution in [1.29, 1.82) is 0 Å². The van der Waals surface area contributed by atoms with Gasteiger partial charge in [0, 0.05) is 30.3 Å². The van der Waals surface area contributed by atoms with Crippen LogP contribution in [0.2, 0.25) is 0 Å². The van der Waals surface area contributed by atoms with Crippen molar-refractivity contribution in [1.82, 2.24) is 25.4 Å². The Morgan fingerprint density at radius 2 is 1.71 bits per heavy atom. The number of piperidine rings is 1. The number of nitrogens with one attached hydrogen (secondary N) is 2. The molecule has 1 aliphatic heterocycles. The van der Waals surface area contributed by atoms with Gasteiger partial charge in [-0.05, 0) is 62.6 Å². The van der Waals surface area contributed by atoms with E-state index in [9.17, 15) is 34.2 Å². The second-order valence-corrected chi connectivity index (χ2v) is 16.8. The van der Waals surface area contributed by atoms with E-state index in [0.29, 0.717) is 19.3 Å². The van der Waals surface area contributed by atoms with Crippen LogP contribution in [0.1, 0.15) is 121 Å². The molecule has 1 aliphatic rings. The Bertz CT molecular complexity index is 1550. The topological polar surface area (TPSA) is 178 Å². The van der Waals surface area contributed by atoms with Crippen molar-refractivity contribution in [2.45, 2.75) is 130 Å². The van der Waals surface area contributed by atoms with Crippen molar-refractivity contribution in [3.05, 3.63) is 52.0 Å². The highest BCUT2D eigenvalue weighted by Gasteiger charge is 2.38. The van der Waals surface area contributed by atoms with Crippen LogP contribution in [0.4, 0.5) is 0 Å². The smallest absolute Gasteiger partial charge is 0.307 e. The number of carbonyl (C=O) groups is 5. The maximum absolute atomic E-state index is 14.6. The van der Waals surface area contributed by atoms with Crippen molar-refractivity contribution in [2.24, 2.45) is 23.7 Å². The van der Waals surface area contributed by atoms with Gasteiger partial charge in [0.05, 0.1) is 12.0 Å². The maximum atomic E-state index is 14.6. The van der Waals surface area contributed by atoms with Crippen LogP contribution in [0, 0.1) is 23.7 Å². The summed E-state index contributed by atoms with van der Waals surface area (Å²) in [4.78, 5) is 74.0. The molecule has 3 rings (SSSR count). The van der Waals surface area contributed by atoms with E-state index in [-0.39, 0.29) is 66.4 Å². The number of hydrogen-bond acceptors (Lipinski definition) is 10. The number of rotatable bonds is 21. The summed E-state index contributed by atoms with van der Waals surface area (Å²) in [6.07, 6.45) is 2.90. The van der Waals surface area contributed by atoms with Gasteiger partial charge in [0.25, 0.3) is 5.91 Å². The van der Waals surface area contributed by atoms with Crippen molar-refractivity contribution in [3.8, 4) is 0 Å². The molecule has 0 radical (unpaired) electrons. The number of ether oxygens (including phenoxy) is 1. The second-order valence-electron chi connectivity index (χ2n) is 15.9. The number of aliphatic hydroxyl groups excluding tert-OH is 1. The van der Waals surface area contributed by atoms with Gasteiger partial charge in [0.2, 0.25) is 11.8 Å². The number of nitrogens with zero attached hydrogens (tertiary/aromatic N) is 3. The maximum Gasteiger partial charge on any atom is 0.307 e. The lowest BCUT2D eigenvalue weighted by molar-refractivity contribution is -0.160. The van der Waals surface area contributed by atoms with Crippen LogP contribution in [0.5, 0.6) is 0 Å². The van der Waals surface area contributed by atoms with E-state index in [1.165, 1.54) is 4.90 Å². The molecular weight excluding hydrogens is 723 g/mol. The predicted octanol–water partition coefficient (Wildman–Crippen LogP) is 5.43. The average molecular weight is 786 g/mol. The lowest BCUT2D eigenvalue weighted by Gasteiger charge is -2.39. The summed E-state index contributed by atoms with van der Waals surface area (Å²) >= 11 is 1.11. The van der Waals surface area contributed by atoms with Gasteiger partial charge >= 0.3 is 11.9 Å². The molecule has 3 amide bonds. The lowest BCUT2D eigenvalue weighted by Crippen LogP contribution is -2.59. The van der Waals surface area contributed by atoms with Gasteiger partial charge in [0.15, 0.2) is 6.73 Å². The largest absolute Gasteiger partial charge is 0.481 e. The molecule has 55 heavy (non-hydrogen) atoms. The molecule has 14 heteroatoms. The number of likely N-dealkylation sites (tertiary alicyclic amines) is 1. The Balaban J connectivity index is 1.86. The van der Waals surface area contributed by atoms with Gasteiger partial charge in [-0.3, -0.25) is 28.9 Å². The fourth-order valence-corrected chi connectivity index (χ4v) is 7.68. The number of carbonyl (C=O) groups excluding carboxylic acids is 4. The van der Waals surface area contributed by atoms with Crippen molar-refractivity contribution in [2.75, 3.05) is 20.3 Å². The molecule has 0 aliphatic carbocycles. The molecule has 7 atom stereocenters. The van der Waals surface area contributed by atoms with Gasteiger partial charge in [-0.2, -0.15) is 0 Å². The van der Waals surface area contributed by atoms with Gasteiger partial charge in [-0.15, -0.1) is 11.3 Å². The van der Waals surface area contributed by atoms with Crippen molar-refractivity contribution in [3.63, 3.8) is 0 Å². The highest BCUT2D eigenvalue weighted by Crippen LogP contribution is 2.29. The van der Waals surface area contributed by atoms with Gasteiger partial charge in [-0.25, -0.2) is 4.98 Å². The molecule has 1 aromatic carbocycles. The number of esters is 1. The van der Waals surface area contributed by atoms with E-state index in [2.05, 4.69) is 15.6 Å². The SMILES string of the molecule is CCC(C)C(NC(=O)C1CCCCN1C)C(=O)N(COC(=O)CC(C)C)C(CC(O)c1nc(C(=O)NC(Cc2ccccc2)CC(C)C(=O)O)cs1)C(C)C. The first-order valence-corrected chi connectivity index (χ1v) is 20.6. The van der Waals surface area contributed by atoms with Crippen LogP contribution in [-0.4, -0.2) is 99.1 Å². The van der Waals surface area contributed by atoms with Crippen LogP contribution in [0.25, 0.3) is 0 Å². The summed E-state index contributed by atoms with van der Waals surface area (Å²) in [5, 5.41) is 28.9. The van der Waals surface area contributed by atoms with Crippen LogP contribution >= 0.6 is 11.3 Å². The Labute approximate surface area is 330 Å². The third-order valence-corrected chi connectivity index (χ3v) is 11.4. The number of benzene rings is 1. The highest BCUT2D eigenvalue weighted by molar-refractivity contribution is 7.09. The minimum Gasteiger partial charge on any atom is -0.481 e. The Hall–Kier alpha value is -3.88. The Morgan fingerprint density at radius 1 is 1.02 bits per heavy atom. The first-order chi connectivity index (χ1) is 26.0.